The van der Waals surface area contributed by atoms with E-state index < -0.39 is 23.6 Å². The molecule has 0 spiro atoms. The largest absolute Gasteiger partial charge is 0.465 e. The van der Waals surface area contributed by atoms with Crippen LogP contribution < -0.4 is 10.7 Å². The van der Waals surface area contributed by atoms with Crippen LogP contribution in [-0.4, -0.2) is 22.8 Å². The second kappa shape index (κ2) is 9.56. The van der Waals surface area contributed by atoms with Crippen molar-refractivity contribution >= 4 is 46.6 Å². The molecule has 29 heavy (non-hydrogen) atoms. The Labute approximate surface area is 176 Å². The molecule has 1 atom stereocenters. The zero-order valence-electron chi connectivity index (χ0n) is 14.9. The van der Waals surface area contributed by atoms with Crippen molar-refractivity contribution in [2.45, 2.75) is 12.8 Å². The van der Waals surface area contributed by atoms with Crippen LogP contribution in [-0.2, 0) is 4.79 Å². The van der Waals surface area contributed by atoms with E-state index in [1.807, 2.05) is 0 Å². The van der Waals surface area contributed by atoms with Gasteiger partial charge in [0.15, 0.2) is 0 Å². The average Bonchev–Trinajstić information content (AvgIpc) is 2.65. The highest BCUT2D eigenvalue weighted by Crippen LogP contribution is 2.35. The van der Waals surface area contributed by atoms with Crippen LogP contribution in [0.1, 0.15) is 22.6 Å². The Kier molecular flexibility index (Phi) is 7.15. The molecule has 10 heteroatoms. The zero-order chi connectivity index (χ0) is 21.6. The second-order valence-corrected chi connectivity index (χ2v) is 6.59. The highest BCUT2D eigenvalue weighted by atomic mass is 35.5. The second-order valence-electron chi connectivity index (χ2n) is 5.75. The predicted octanol–water partition coefficient (Wildman–Crippen LogP) is 4.04. The van der Waals surface area contributed by atoms with Gasteiger partial charge in [0.1, 0.15) is 6.07 Å². The number of hydrazone groups is 1. The number of halogens is 2. The van der Waals surface area contributed by atoms with Crippen LogP contribution in [0.15, 0.2) is 41.5 Å². The number of amides is 2. The lowest BCUT2D eigenvalue weighted by atomic mass is 9.89. The Balaban J connectivity index is 2.33. The van der Waals surface area contributed by atoms with Crippen LogP contribution in [0.2, 0.25) is 10.0 Å². The Morgan fingerprint density at radius 1 is 1.17 bits per heavy atom. The molecule has 0 aliphatic rings. The van der Waals surface area contributed by atoms with Crippen molar-refractivity contribution in [3.05, 3.63) is 63.1 Å². The van der Waals surface area contributed by atoms with Crippen LogP contribution >= 0.6 is 23.2 Å². The number of hydrogen-bond acceptors (Lipinski definition) is 6. The molecule has 0 radical (unpaired) electrons. The fraction of sp³-hybridized carbons (Fsp3) is 0.105. The third-order valence-electron chi connectivity index (χ3n) is 3.80. The van der Waals surface area contributed by atoms with E-state index in [9.17, 15) is 14.9 Å². The third-order valence-corrected chi connectivity index (χ3v) is 4.36. The molecule has 1 unspecified atom stereocenters. The minimum Gasteiger partial charge on any atom is -0.465 e. The van der Waals surface area contributed by atoms with Gasteiger partial charge < -0.3 is 5.11 Å². The summed E-state index contributed by atoms with van der Waals surface area (Å²) in [5.74, 6) is -1.80. The van der Waals surface area contributed by atoms with Gasteiger partial charge in [-0.25, -0.2) is 4.79 Å². The number of carboxylic acid groups (broad SMARTS) is 1. The summed E-state index contributed by atoms with van der Waals surface area (Å²) < 4.78 is 0. The number of nitrogens with one attached hydrogen (secondary N) is 2. The van der Waals surface area contributed by atoms with Crippen molar-refractivity contribution in [1.29, 1.82) is 10.5 Å². The number of imide groups is 1. The van der Waals surface area contributed by atoms with Gasteiger partial charge in [-0.1, -0.05) is 35.3 Å². The summed E-state index contributed by atoms with van der Waals surface area (Å²) in [6, 6.07) is 13.7. The molecule has 0 fully saturated rings. The van der Waals surface area contributed by atoms with Crippen molar-refractivity contribution in [2.75, 3.05) is 5.43 Å². The van der Waals surface area contributed by atoms with E-state index >= 15 is 0 Å². The third kappa shape index (κ3) is 5.45. The van der Waals surface area contributed by atoms with E-state index in [1.165, 1.54) is 17.5 Å². The molecule has 0 bridgehead atoms. The fourth-order valence-electron chi connectivity index (χ4n) is 2.55. The van der Waals surface area contributed by atoms with Gasteiger partial charge in [0.2, 0.25) is 5.71 Å². The average molecular weight is 430 g/mol. The fourth-order valence-corrected chi connectivity index (χ4v) is 3.05. The van der Waals surface area contributed by atoms with Crippen LogP contribution in [0, 0.1) is 29.6 Å². The number of hydrogen-bond donors (Lipinski definition) is 3. The number of benzene rings is 2. The van der Waals surface area contributed by atoms with Crippen molar-refractivity contribution in [3.8, 4) is 12.1 Å². The number of nitriles is 2. The highest BCUT2D eigenvalue weighted by Gasteiger charge is 2.20. The molecule has 2 rings (SSSR count). The maximum absolute atomic E-state index is 11.5. The SMILES string of the molecule is Cc1cc(N/N=C(\C#N)C(=O)NC(=O)O)cc(Cl)c1C(C#N)c1ccc(Cl)cc1. The molecular weight excluding hydrogens is 417 g/mol. The molecule has 146 valence electrons. The van der Waals surface area contributed by atoms with Gasteiger partial charge in [0, 0.05) is 10.0 Å². The summed E-state index contributed by atoms with van der Waals surface area (Å²) in [5.41, 5.74) is 4.14. The Hall–Kier alpha value is -3.59. The van der Waals surface area contributed by atoms with Crippen LogP contribution in [0.25, 0.3) is 0 Å². The van der Waals surface area contributed by atoms with Crippen molar-refractivity contribution < 1.29 is 14.7 Å². The lowest BCUT2D eigenvalue weighted by molar-refractivity contribution is -0.114. The number of anilines is 1. The smallest absolute Gasteiger partial charge is 0.411 e. The molecular formula is C19H13Cl2N5O3. The lowest BCUT2D eigenvalue weighted by Gasteiger charge is -2.16. The molecule has 2 aromatic rings. The number of rotatable bonds is 5. The van der Waals surface area contributed by atoms with Crippen LogP contribution in [0.5, 0.6) is 0 Å². The number of nitrogens with zero attached hydrogens (tertiary/aromatic N) is 3. The summed E-state index contributed by atoms with van der Waals surface area (Å²) in [7, 11) is 0. The van der Waals surface area contributed by atoms with Gasteiger partial charge in [-0.05, 0) is 47.9 Å². The predicted molar refractivity (Wildman–Crippen MR) is 108 cm³/mol. The molecule has 0 saturated carbocycles. The molecule has 8 nitrogen and oxygen atoms in total. The zero-order valence-corrected chi connectivity index (χ0v) is 16.4. The summed E-state index contributed by atoms with van der Waals surface area (Å²) in [4.78, 5) is 22.0. The maximum Gasteiger partial charge on any atom is 0.411 e. The van der Waals surface area contributed by atoms with Gasteiger partial charge in [-0.15, -0.1) is 0 Å². The summed E-state index contributed by atoms with van der Waals surface area (Å²) in [6.45, 7) is 1.75. The topological polar surface area (TPSA) is 138 Å². The van der Waals surface area contributed by atoms with Gasteiger partial charge in [0.05, 0.1) is 17.7 Å². The molecule has 0 aromatic heterocycles. The van der Waals surface area contributed by atoms with Crippen LogP contribution in [0.4, 0.5) is 10.5 Å². The van der Waals surface area contributed by atoms with E-state index in [0.717, 1.165) is 5.56 Å². The molecule has 0 aliphatic carbocycles. The molecule has 0 heterocycles. The van der Waals surface area contributed by atoms with Gasteiger partial charge in [0.25, 0.3) is 5.91 Å². The van der Waals surface area contributed by atoms with E-state index in [1.54, 1.807) is 37.3 Å². The first kappa shape index (κ1) is 21.7. The molecule has 3 N–H and O–H groups in total. The van der Waals surface area contributed by atoms with E-state index in [-0.39, 0.29) is 5.02 Å². The monoisotopic (exact) mass is 429 g/mol. The first-order valence-electron chi connectivity index (χ1n) is 8.00. The van der Waals surface area contributed by atoms with Crippen LogP contribution in [0.3, 0.4) is 0 Å². The van der Waals surface area contributed by atoms with E-state index in [4.69, 9.17) is 33.6 Å². The maximum atomic E-state index is 11.5. The minimum atomic E-state index is -1.61. The Morgan fingerprint density at radius 3 is 2.34 bits per heavy atom. The van der Waals surface area contributed by atoms with Gasteiger partial charge in [-0.2, -0.15) is 15.6 Å². The Morgan fingerprint density at radius 2 is 1.83 bits per heavy atom. The molecule has 2 amide bonds. The first-order valence-corrected chi connectivity index (χ1v) is 8.75. The van der Waals surface area contributed by atoms with Crippen molar-refractivity contribution in [2.24, 2.45) is 5.10 Å². The van der Waals surface area contributed by atoms with E-state index in [2.05, 4.69) is 16.6 Å². The van der Waals surface area contributed by atoms with Gasteiger partial charge >= 0.3 is 6.09 Å². The minimum absolute atomic E-state index is 0.276. The normalized spacial score (nSPS) is 11.7. The Bertz CT molecular complexity index is 1050. The van der Waals surface area contributed by atoms with Crippen molar-refractivity contribution in [3.63, 3.8) is 0 Å². The summed E-state index contributed by atoms with van der Waals surface area (Å²) in [5, 5.41) is 33.1. The van der Waals surface area contributed by atoms with E-state index in [0.29, 0.717) is 21.8 Å². The molecule has 0 saturated heterocycles. The highest BCUT2D eigenvalue weighted by molar-refractivity contribution is 6.46. The first-order chi connectivity index (χ1) is 13.8. The molecule has 2 aromatic carbocycles. The van der Waals surface area contributed by atoms with Crippen molar-refractivity contribution in [1.82, 2.24) is 5.32 Å². The standard InChI is InChI=1S/C19H13Cl2N5O3/c1-10-6-13(25-26-16(9-23)18(27)24-19(28)29)7-15(21)17(10)14(8-22)11-2-4-12(20)5-3-11/h2-7,14,25H,1H3,(H,24,27)(H,28,29)/b26-16+. The number of carbonyl (C=O) groups is 2. The molecule has 0 aliphatic heterocycles. The quantitative estimate of drug-likeness (QED) is 0.483. The lowest BCUT2D eigenvalue weighted by Crippen LogP contribution is -2.34. The summed E-state index contributed by atoms with van der Waals surface area (Å²) >= 11 is 12.3. The van der Waals surface area contributed by atoms with Gasteiger partial charge in [-0.3, -0.25) is 15.5 Å². The number of carbonyl (C=O) groups excluding carboxylic acids is 1. The summed E-state index contributed by atoms with van der Waals surface area (Å²) in [6.07, 6.45) is -1.61. The number of aryl methyl sites for hydroxylation is 1.